The van der Waals surface area contributed by atoms with Gasteiger partial charge in [0.15, 0.2) is 11.7 Å². The molecule has 6 heteroatoms. The molecule has 0 bridgehead atoms. The van der Waals surface area contributed by atoms with Crippen LogP contribution in [0.3, 0.4) is 0 Å². The molecule has 0 rings (SSSR count). The number of esters is 1. The zero-order valence-electron chi connectivity index (χ0n) is 9.64. The highest BCUT2D eigenvalue weighted by atomic mass is 16.5. The molecule has 0 aliphatic carbocycles. The Bertz CT molecular complexity index is 262. The number of hydrogen-bond donors (Lipinski definition) is 3. The van der Waals surface area contributed by atoms with Gasteiger partial charge in [-0.05, 0) is 18.8 Å². The van der Waals surface area contributed by atoms with E-state index in [1.807, 2.05) is 13.8 Å². The lowest BCUT2D eigenvalue weighted by atomic mass is 9.88. The largest absolute Gasteiger partial charge is 0.479 e. The van der Waals surface area contributed by atoms with Crippen LogP contribution in [0, 0.1) is 5.92 Å². The maximum Gasteiger partial charge on any atom is 0.339 e. The molecule has 2 atom stereocenters. The molecule has 0 fully saturated rings. The van der Waals surface area contributed by atoms with Gasteiger partial charge < -0.3 is 20.1 Å². The monoisotopic (exact) mass is 234 g/mol. The van der Waals surface area contributed by atoms with Gasteiger partial charge in [0, 0.05) is 0 Å². The zero-order chi connectivity index (χ0) is 12.9. The maximum absolute atomic E-state index is 11.0. The third-order valence-electron chi connectivity index (χ3n) is 2.35. The Morgan fingerprint density at radius 3 is 2.19 bits per heavy atom. The van der Waals surface area contributed by atoms with Crippen LogP contribution in [0.25, 0.3) is 0 Å². The predicted molar refractivity (Wildman–Crippen MR) is 54.7 cm³/mol. The lowest BCUT2D eigenvalue weighted by Gasteiger charge is -2.27. The molecule has 0 saturated carbocycles. The molecule has 0 aromatic rings. The summed E-state index contributed by atoms with van der Waals surface area (Å²) >= 11 is 0. The molecule has 2 unspecified atom stereocenters. The first-order valence-corrected chi connectivity index (χ1v) is 4.97. The van der Waals surface area contributed by atoms with Crippen LogP contribution in [0.5, 0.6) is 0 Å². The van der Waals surface area contributed by atoms with Crippen LogP contribution in [0.2, 0.25) is 0 Å². The minimum absolute atomic E-state index is 0.149. The van der Waals surface area contributed by atoms with Gasteiger partial charge in [0.1, 0.15) is 0 Å². The van der Waals surface area contributed by atoms with Crippen molar-refractivity contribution in [1.82, 2.24) is 0 Å². The summed E-state index contributed by atoms with van der Waals surface area (Å²) in [7, 11) is 1.01. The van der Waals surface area contributed by atoms with E-state index >= 15 is 0 Å². The number of ether oxygens (including phenoxy) is 1. The third-order valence-corrected chi connectivity index (χ3v) is 2.35. The smallest absolute Gasteiger partial charge is 0.339 e. The minimum Gasteiger partial charge on any atom is -0.479 e. The lowest BCUT2D eigenvalue weighted by Crippen LogP contribution is -2.53. The topological polar surface area (TPSA) is 104 Å². The van der Waals surface area contributed by atoms with E-state index in [1.165, 1.54) is 0 Å². The lowest BCUT2D eigenvalue weighted by molar-refractivity contribution is -0.186. The number of aliphatic carboxylic acids is 1. The van der Waals surface area contributed by atoms with Gasteiger partial charge in [0.05, 0.1) is 7.11 Å². The van der Waals surface area contributed by atoms with E-state index in [1.54, 1.807) is 0 Å². The van der Waals surface area contributed by atoms with Crippen LogP contribution in [0.1, 0.15) is 26.7 Å². The number of carboxylic acid groups (broad SMARTS) is 1. The number of carboxylic acids is 1. The highest BCUT2D eigenvalue weighted by Crippen LogP contribution is 2.22. The summed E-state index contributed by atoms with van der Waals surface area (Å²) in [5, 5.41) is 28.0. The molecule has 16 heavy (non-hydrogen) atoms. The Kier molecular flexibility index (Phi) is 5.40. The van der Waals surface area contributed by atoms with Crippen LogP contribution in [0.4, 0.5) is 0 Å². The molecule has 94 valence electrons. The molecule has 6 nitrogen and oxygen atoms in total. The summed E-state index contributed by atoms with van der Waals surface area (Å²) in [5.74, 6) is -2.64. The summed E-state index contributed by atoms with van der Waals surface area (Å²) in [6.45, 7) is 3.68. The average molecular weight is 234 g/mol. The van der Waals surface area contributed by atoms with Gasteiger partial charge in [-0.25, -0.2) is 9.59 Å². The number of aliphatic hydroxyl groups excluding tert-OH is 1. The summed E-state index contributed by atoms with van der Waals surface area (Å²) < 4.78 is 4.20. The molecule has 0 aliphatic heterocycles. The predicted octanol–water partition coefficient (Wildman–Crippen LogP) is -0.228. The Morgan fingerprint density at radius 2 is 1.88 bits per heavy atom. The van der Waals surface area contributed by atoms with Crippen molar-refractivity contribution in [3.8, 4) is 0 Å². The SMILES string of the molecule is COC(=O)C(O)C(O)(CCC(C)C)C(=O)O. The van der Waals surface area contributed by atoms with E-state index in [2.05, 4.69) is 4.74 Å². The Hall–Kier alpha value is -1.14. The van der Waals surface area contributed by atoms with Crippen molar-refractivity contribution < 1.29 is 29.6 Å². The van der Waals surface area contributed by atoms with Gasteiger partial charge >= 0.3 is 11.9 Å². The summed E-state index contributed by atoms with van der Waals surface area (Å²) in [6.07, 6.45) is -1.92. The van der Waals surface area contributed by atoms with Crippen molar-refractivity contribution in [1.29, 1.82) is 0 Å². The summed E-state index contributed by atoms with van der Waals surface area (Å²) in [5.41, 5.74) is -2.49. The van der Waals surface area contributed by atoms with Crippen LogP contribution in [-0.4, -0.2) is 46.1 Å². The minimum atomic E-state index is -2.49. The molecule has 0 spiro atoms. The van der Waals surface area contributed by atoms with Crippen molar-refractivity contribution in [3.05, 3.63) is 0 Å². The molecule has 0 amide bonds. The molecule has 0 aromatic heterocycles. The van der Waals surface area contributed by atoms with E-state index < -0.39 is 23.6 Å². The standard InChI is InChI=1S/C10H18O6/c1-6(2)4-5-10(15,9(13)14)7(11)8(12)16-3/h6-7,11,15H,4-5H2,1-3H3,(H,13,14). The van der Waals surface area contributed by atoms with Gasteiger partial charge in [-0.3, -0.25) is 0 Å². The van der Waals surface area contributed by atoms with E-state index in [4.69, 9.17) is 5.11 Å². The second kappa shape index (κ2) is 5.81. The first-order valence-electron chi connectivity index (χ1n) is 4.97. The van der Waals surface area contributed by atoms with E-state index in [0.29, 0.717) is 6.42 Å². The van der Waals surface area contributed by atoms with Gasteiger partial charge in [0.25, 0.3) is 0 Å². The fourth-order valence-electron chi connectivity index (χ4n) is 1.18. The number of rotatable bonds is 6. The number of aliphatic hydroxyl groups is 2. The summed E-state index contributed by atoms with van der Waals surface area (Å²) in [6, 6.07) is 0. The second-order valence-electron chi connectivity index (χ2n) is 4.09. The van der Waals surface area contributed by atoms with E-state index in [-0.39, 0.29) is 12.3 Å². The average Bonchev–Trinajstić information content (AvgIpc) is 2.23. The molecular weight excluding hydrogens is 216 g/mol. The van der Waals surface area contributed by atoms with Crippen molar-refractivity contribution >= 4 is 11.9 Å². The molecule has 0 aliphatic rings. The van der Waals surface area contributed by atoms with Crippen LogP contribution in [-0.2, 0) is 14.3 Å². The Labute approximate surface area is 93.8 Å². The van der Waals surface area contributed by atoms with Crippen molar-refractivity contribution in [3.63, 3.8) is 0 Å². The normalized spacial score (nSPS) is 16.6. The third kappa shape index (κ3) is 3.46. The molecule has 3 N–H and O–H groups in total. The highest BCUT2D eigenvalue weighted by molar-refractivity contribution is 5.87. The van der Waals surface area contributed by atoms with E-state index in [9.17, 15) is 19.8 Å². The highest BCUT2D eigenvalue weighted by Gasteiger charge is 2.47. The summed E-state index contributed by atoms with van der Waals surface area (Å²) in [4.78, 5) is 21.9. The van der Waals surface area contributed by atoms with Crippen LogP contribution in [0.15, 0.2) is 0 Å². The fourth-order valence-corrected chi connectivity index (χ4v) is 1.18. The van der Waals surface area contributed by atoms with Crippen molar-refractivity contribution in [2.75, 3.05) is 7.11 Å². The molecule has 0 aromatic carbocycles. The quantitative estimate of drug-likeness (QED) is 0.548. The molecule has 0 heterocycles. The fraction of sp³-hybridized carbons (Fsp3) is 0.800. The van der Waals surface area contributed by atoms with Gasteiger partial charge in [0.2, 0.25) is 0 Å². The number of methoxy groups -OCH3 is 1. The van der Waals surface area contributed by atoms with Gasteiger partial charge in [-0.15, -0.1) is 0 Å². The first kappa shape index (κ1) is 14.9. The molecule has 0 saturated heterocycles. The van der Waals surface area contributed by atoms with Gasteiger partial charge in [-0.2, -0.15) is 0 Å². The number of carbonyl (C=O) groups is 2. The number of hydrogen-bond acceptors (Lipinski definition) is 5. The molecule has 0 radical (unpaired) electrons. The Morgan fingerprint density at radius 1 is 1.38 bits per heavy atom. The molecular formula is C10H18O6. The van der Waals surface area contributed by atoms with E-state index in [0.717, 1.165) is 7.11 Å². The van der Waals surface area contributed by atoms with Crippen molar-refractivity contribution in [2.45, 2.75) is 38.4 Å². The zero-order valence-corrected chi connectivity index (χ0v) is 9.64. The van der Waals surface area contributed by atoms with Crippen LogP contribution >= 0.6 is 0 Å². The first-order chi connectivity index (χ1) is 7.25. The van der Waals surface area contributed by atoms with Gasteiger partial charge in [-0.1, -0.05) is 13.8 Å². The maximum atomic E-state index is 11.0. The second-order valence-corrected chi connectivity index (χ2v) is 4.09. The van der Waals surface area contributed by atoms with Crippen molar-refractivity contribution in [2.24, 2.45) is 5.92 Å². The Balaban J connectivity index is 4.81. The van der Waals surface area contributed by atoms with Crippen LogP contribution < -0.4 is 0 Å². The number of carbonyl (C=O) groups excluding carboxylic acids is 1.